The van der Waals surface area contributed by atoms with Gasteiger partial charge in [0.25, 0.3) is 0 Å². The first kappa shape index (κ1) is 12.2. The molecule has 17 heavy (non-hydrogen) atoms. The SMILES string of the molecule is CCC(c1ccccc1)c1nnc(CNC)s1. The fourth-order valence-corrected chi connectivity index (χ4v) is 2.93. The van der Waals surface area contributed by atoms with Crippen LogP contribution >= 0.6 is 11.3 Å². The van der Waals surface area contributed by atoms with E-state index in [0.29, 0.717) is 5.92 Å². The predicted octanol–water partition coefficient (Wildman–Crippen LogP) is 2.80. The zero-order valence-electron chi connectivity index (χ0n) is 10.2. The van der Waals surface area contributed by atoms with E-state index in [-0.39, 0.29) is 0 Å². The molecule has 0 radical (unpaired) electrons. The summed E-state index contributed by atoms with van der Waals surface area (Å²) in [5.74, 6) is 0.374. The molecule has 2 rings (SSSR count). The molecule has 3 nitrogen and oxygen atoms in total. The van der Waals surface area contributed by atoms with Crippen LogP contribution in [0.3, 0.4) is 0 Å². The van der Waals surface area contributed by atoms with E-state index in [0.717, 1.165) is 23.0 Å². The van der Waals surface area contributed by atoms with E-state index in [1.165, 1.54) is 5.56 Å². The minimum absolute atomic E-state index is 0.374. The molecule has 0 fully saturated rings. The maximum atomic E-state index is 4.31. The van der Waals surface area contributed by atoms with Crippen molar-refractivity contribution in [2.45, 2.75) is 25.8 Å². The summed E-state index contributed by atoms with van der Waals surface area (Å²) in [6.07, 6.45) is 1.05. The Hall–Kier alpha value is -1.26. The molecule has 1 aromatic carbocycles. The highest BCUT2D eigenvalue weighted by molar-refractivity contribution is 7.11. The van der Waals surface area contributed by atoms with Crippen LogP contribution in [-0.4, -0.2) is 17.2 Å². The van der Waals surface area contributed by atoms with Crippen molar-refractivity contribution >= 4 is 11.3 Å². The largest absolute Gasteiger partial charge is 0.313 e. The van der Waals surface area contributed by atoms with Crippen LogP contribution < -0.4 is 5.32 Å². The molecule has 0 saturated heterocycles. The van der Waals surface area contributed by atoms with Crippen molar-refractivity contribution in [1.82, 2.24) is 15.5 Å². The Balaban J connectivity index is 2.23. The number of aromatic nitrogens is 2. The van der Waals surface area contributed by atoms with Crippen LogP contribution in [0.15, 0.2) is 30.3 Å². The van der Waals surface area contributed by atoms with Crippen LogP contribution in [0.1, 0.15) is 34.8 Å². The summed E-state index contributed by atoms with van der Waals surface area (Å²) in [5.41, 5.74) is 1.32. The lowest BCUT2D eigenvalue weighted by atomic mass is 9.97. The van der Waals surface area contributed by atoms with Crippen molar-refractivity contribution in [3.8, 4) is 0 Å². The van der Waals surface area contributed by atoms with Crippen LogP contribution in [0, 0.1) is 0 Å². The normalized spacial score (nSPS) is 12.6. The highest BCUT2D eigenvalue weighted by atomic mass is 32.1. The number of hydrogen-bond donors (Lipinski definition) is 1. The predicted molar refractivity (Wildman–Crippen MR) is 71.2 cm³/mol. The Morgan fingerprint density at radius 2 is 2.00 bits per heavy atom. The lowest BCUT2D eigenvalue weighted by Crippen LogP contribution is -2.04. The number of nitrogens with one attached hydrogen (secondary N) is 1. The molecule has 4 heteroatoms. The van der Waals surface area contributed by atoms with E-state index in [1.807, 2.05) is 13.1 Å². The van der Waals surface area contributed by atoms with Crippen molar-refractivity contribution in [2.75, 3.05) is 7.05 Å². The summed E-state index contributed by atoms with van der Waals surface area (Å²) < 4.78 is 0. The first-order chi connectivity index (χ1) is 8.35. The Bertz CT molecular complexity index is 453. The van der Waals surface area contributed by atoms with E-state index < -0.39 is 0 Å². The third-order valence-electron chi connectivity index (χ3n) is 2.72. The molecular weight excluding hydrogens is 230 g/mol. The van der Waals surface area contributed by atoms with Gasteiger partial charge in [0.1, 0.15) is 10.0 Å². The average molecular weight is 247 g/mol. The summed E-state index contributed by atoms with van der Waals surface area (Å²) in [6.45, 7) is 2.99. The molecule has 0 aliphatic carbocycles. The Labute approximate surface area is 106 Å². The van der Waals surface area contributed by atoms with E-state index in [4.69, 9.17) is 0 Å². The average Bonchev–Trinajstić information content (AvgIpc) is 2.81. The summed E-state index contributed by atoms with van der Waals surface area (Å²) >= 11 is 1.70. The number of hydrogen-bond acceptors (Lipinski definition) is 4. The maximum Gasteiger partial charge on any atom is 0.131 e. The lowest BCUT2D eigenvalue weighted by Gasteiger charge is -2.10. The number of nitrogens with zero attached hydrogens (tertiary/aromatic N) is 2. The zero-order valence-corrected chi connectivity index (χ0v) is 11.0. The summed E-state index contributed by atoms with van der Waals surface area (Å²) in [6, 6.07) is 10.5. The standard InChI is InChI=1S/C13H17N3S/c1-3-11(10-7-5-4-6-8-10)13-16-15-12(17-13)9-14-2/h4-8,11,14H,3,9H2,1-2H3. The Morgan fingerprint density at radius 1 is 1.24 bits per heavy atom. The minimum Gasteiger partial charge on any atom is -0.313 e. The highest BCUT2D eigenvalue weighted by Gasteiger charge is 2.16. The van der Waals surface area contributed by atoms with Crippen LogP contribution in [-0.2, 0) is 6.54 Å². The van der Waals surface area contributed by atoms with Crippen LogP contribution in [0.25, 0.3) is 0 Å². The molecule has 1 heterocycles. The van der Waals surface area contributed by atoms with Gasteiger partial charge in [0.15, 0.2) is 0 Å². The van der Waals surface area contributed by atoms with E-state index in [9.17, 15) is 0 Å². The van der Waals surface area contributed by atoms with E-state index >= 15 is 0 Å². The molecule has 0 bridgehead atoms. The lowest BCUT2D eigenvalue weighted by molar-refractivity contribution is 0.745. The molecule has 1 unspecified atom stereocenters. The molecule has 1 aromatic heterocycles. The van der Waals surface area contributed by atoms with Crippen molar-refractivity contribution in [3.05, 3.63) is 45.9 Å². The zero-order chi connectivity index (χ0) is 12.1. The van der Waals surface area contributed by atoms with Gasteiger partial charge in [0.05, 0.1) is 0 Å². The maximum absolute atomic E-state index is 4.31. The van der Waals surface area contributed by atoms with Crippen LogP contribution in [0.5, 0.6) is 0 Å². The van der Waals surface area contributed by atoms with E-state index in [2.05, 4.69) is 46.7 Å². The second-order valence-electron chi connectivity index (χ2n) is 3.94. The minimum atomic E-state index is 0.374. The number of benzene rings is 1. The molecule has 0 aliphatic heterocycles. The van der Waals surface area contributed by atoms with Crippen molar-refractivity contribution in [2.24, 2.45) is 0 Å². The molecule has 90 valence electrons. The molecular formula is C13H17N3S. The topological polar surface area (TPSA) is 37.8 Å². The highest BCUT2D eigenvalue weighted by Crippen LogP contribution is 2.29. The monoisotopic (exact) mass is 247 g/mol. The summed E-state index contributed by atoms with van der Waals surface area (Å²) in [5, 5.41) is 13.8. The molecule has 0 aliphatic rings. The van der Waals surface area contributed by atoms with Crippen molar-refractivity contribution in [1.29, 1.82) is 0 Å². The first-order valence-corrected chi connectivity index (χ1v) is 6.68. The van der Waals surface area contributed by atoms with E-state index in [1.54, 1.807) is 11.3 Å². The quantitative estimate of drug-likeness (QED) is 0.883. The van der Waals surface area contributed by atoms with Gasteiger partial charge < -0.3 is 5.32 Å². The van der Waals surface area contributed by atoms with Gasteiger partial charge in [0.2, 0.25) is 0 Å². The second-order valence-corrected chi connectivity index (χ2v) is 5.03. The molecule has 2 aromatic rings. The molecule has 1 N–H and O–H groups in total. The Morgan fingerprint density at radius 3 is 2.65 bits per heavy atom. The Kier molecular flexibility index (Phi) is 4.23. The van der Waals surface area contributed by atoms with Gasteiger partial charge in [-0.1, -0.05) is 48.6 Å². The molecule has 0 saturated carbocycles. The van der Waals surface area contributed by atoms with Crippen LogP contribution in [0.2, 0.25) is 0 Å². The second kappa shape index (κ2) is 5.89. The smallest absolute Gasteiger partial charge is 0.131 e. The van der Waals surface area contributed by atoms with Gasteiger partial charge >= 0.3 is 0 Å². The van der Waals surface area contributed by atoms with Crippen LogP contribution in [0.4, 0.5) is 0 Å². The van der Waals surface area contributed by atoms with Gasteiger partial charge in [0, 0.05) is 12.5 Å². The van der Waals surface area contributed by atoms with Crippen molar-refractivity contribution in [3.63, 3.8) is 0 Å². The molecule has 0 amide bonds. The van der Waals surface area contributed by atoms with Gasteiger partial charge in [-0.2, -0.15) is 0 Å². The fourth-order valence-electron chi connectivity index (χ4n) is 1.87. The summed E-state index contributed by atoms with van der Waals surface area (Å²) in [7, 11) is 1.93. The summed E-state index contributed by atoms with van der Waals surface area (Å²) in [4.78, 5) is 0. The van der Waals surface area contributed by atoms with Gasteiger partial charge in [-0.15, -0.1) is 10.2 Å². The van der Waals surface area contributed by atoms with Gasteiger partial charge in [-0.3, -0.25) is 0 Å². The molecule has 0 spiro atoms. The number of rotatable bonds is 5. The first-order valence-electron chi connectivity index (χ1n) is 5.87. The third-order valence-corrected chi connectivity index (χ3v) is 3.76. The third kappa shape index (κ3) is 2.90. The van der Waals surface area contributed by atoms with Gasteiger partial charge in [-0.05, 0) is 19.0 Å². The fraction of sp³-hybridized carbons (Fsp3) is 0.385. The van der Waals surface area contributed by atoms with Crippen molar-refractivity contribution < 1.29 is 0 Å². The van der Waals surface area contributed by atoms with Gasteiger partial charge in [-0.25, -0.2) is 0 Å². The molecule has 1 atom stereocenters.